The van der Waals surface area contributed by atoms with Crippen LogP contribution in [0.3, 0.4) is 0 Å². The van der Waals surface area contributed by atoms with E-state index in [2.05, 4.69) is 0 Å². The Morgan fingerprint density at radius 1 is 1.57 bits per heavy atom. The number of hydrogen-bond donors (Lipinski definition) is 0. The number of piperidine rings is 1. The van der Waals surface area contributed by atoms with E-state index in [9.17, 15) is 9.59 Å². The third-order valence-corrected chi connectivity index (χ3v) is 2.52. The lowest BCUT2D eigenvalue weighted by Crippen LogP contribution is -2.43. The largest absolute Gasteiger partial charge is 0.465 e. The number of esters is 1. The summed E-state index contributed by atoms with van der Waals surface area (Å²) in [6.07, 6.45) is 0.603. The molecular weight excluding hydrogens is 182 g/mol. The van der Waals surface area contributed by atoms with Gasteiger partial charge < -0.3 is 4.74 Å². The highest BCUT2D eigenvalue weighted by Crippen LogP contribution is 2.15. The van der Waals surface area contributed by atoms with Gasteiger partial charge in [0.1, 0.15) is 5.92 Å². The molecule has 0 radical (unpaired) electrons. The van der Waals surface area contributed by atoms with Crippen molar-refractivity contribution in [3.05, 3.63) is 0 Å². The molecule has 1 heterocycles. The number of ketones is 1. The molecule has 0 saturated carbocycles. The minimum absolute atomic E-state index is 0.00319. The Bertz CT molecular complexity index is 227. The Kier molecular flexibility index (Phi) is 4.07. The van der Waals surface area contributed by atoms with Gasteiger partial charge in [-0.15, -0.1) is 0 Å². The number of hydrogen-bond acceptors (Lipinski definition) is 4. The number of likely N-dealkylation sites (tertiary alicyclic amines) is 1. The fourth-order valence-electron chi connectivity index (χ4n) is 1.64. The lowest BCUT2D eigenvalue weighted by molar-refractivity contribution is -0.153. The Labute approximate surface area is 84.2 Å². The summed E-state index contributed by atoms with van der Waals surface area (Å²) in [5, 5.41) is 0. The first-order chi connectivity index (χ1) is 6.69. The van der Waals surface area contributed by atoms with Gasteiger partial charge in [0.2, 0.25) is 0 Å². The Morgan fingerprint density at radius 3 is 2.79 bits per heavy atom. The van der Waals surface area contributed by atoms with Gasteiger partial charge >= 0.3 is 5.97 Å². The van der Waals surface area contributed by atoms with Crippen molar-refractivity contribution in [2.24, 2.45) is 5.92 Å². The van der Waals surface area contributed by atoms with Crippen molar-refractivity contribution in [1.82, 2.24) is 4.90 Å². The van der Waals surface area contributed by atoms with Crippen molar-refractivity contribution in [2.75, 3.05) is 26.2 Å². The van der Waals surface area contributed by atoms with Crippen LogP contribution in [0.25, 0.3) is 0 Å². The van der Waals surface area contributed by atoms with Crippen LogP contribution in [-0.2, 0) is 14.3 Å². The summed E-state index contributed by atoms with van der Waals surface area (Å²) >= 11 is 0. The quantitative estimate of drug-likeness (QED) is 0.489. The van der Waals surface area contributed by atoms with Gasteiger partial charge in [0.05, 0.1) is 13.2 Å². The molecular formula is C10H17NO3. The number of ether oxygens (including phenoxy) is 1. The van der Waals surface area contributed by atoms with Crippen molar-refractivity contribution in [2.45, 2.75) is 20.3 Å². The third-order valence-electron chi connectivity index (χ3n) is 2.52. The molecule has 0 aliphatic carbocycles. The van der Waals surface area contributed by atoms with E-state index >= 15 is 0 Å². The molecule has 1 aliphatic rings. The molecule has 1 atom stereocenters. The summed E-state index contributed by atoms with van der Waals surface area (Å²) in [5.41, 5.74) is 0. The van der Waals surface area contributed by atoms with E-state index in [1.54, 1.807) is 6.92 Å². The summed E-state index contributed by atoms with van der Waals surface area (Å²) in [6, 6.07) is 0. The van der Waals surface area contributed by atoms with Crippen LogP contribution in [0.4, 0.5) is 0 Å². The molecule has 0 aromatic rings. The Hall–Kier alpha value is -0.900. The van der Waals surface area contributed by atoms with Crippen molar-refractivity contribution in [3.8, 4) is 0 Å². The second-order valence-corrected chi connectivity index (χ2v) is 3.43. The van der Waals surface area contributed by atoms with E-state index in [0.717, 1.165) is 13.1 Å². The minimum atomic E-state index is -0.516. The van der Waals surface area contributed by atoms with E-state index in [1.807, 2.05) is 11.8 Å². The first kappa shape index (κ1) is 11.2. The van der Waals surface area contributed by atoms with Crippen LogP contribution in [0.2, 0.25) is 0 Å². The standard InChI is InChI=1S/C10H17NO3/c1-3-11-6-5-8(9(12)7-11)10(13)14-4-2/h8H,3-7H2,1-2H3. The molecule has 1 unspecified atom stereocenters. The fourth-order valence-corrected chi connectivity index (χ4v) is 1.64. The molecule has 1 aliphatic heterocycles. The number of Topliss-reactive ketones (excluding diaryl/α,β-unsaturated/α-hetero) is 1. The number of nitrogens with zero attached hydrogens (tertiary/aromatic N) is 1. The highest BCUT2D eigenvalue weighted by atomic mass is 16.5. The summed E-state index contributed by atoms with van der Waals surface area (Å²) in [4.78, 5) is 24.9. The van der Waals surface area contributed by atoms with Gasteiger partial charge in [-0.05, 0) is 26.4 Å². The van der Waals surface area contributed by atoms with Crippen LogP contribution < -0.4 is 0 Å². The van der Waals surface area contributed by atoms with Gasteiger partial charge in [-0.25, -0.2) is 0 Å². The average molecular weight is 199 g/mol. The van der Waals surface area contributed by atoms with Crippen molar-refractivity contribution < 1.29 is 14.3 Å². The zero-order chi connectivity index (χ0) is 10.6. The van der Waals surface area contributed by atoms with Crippen LogP contribution >= 0.6 is 0 Å². The third kappa shape index (κ3) is 2.54. The highest BCUT2D eigenvalue weighted by Gasteiger charge is 2.32. The van der Waals surface area contributed by atoms with Gasteiger partial charge in [-0.1, -0.05) is 6.92 Å². The number of rotatable bonds is 3. The number of likely N-dealkylation sites (N-methyl/N-ethyl adjacent to an activating group) is 1. The summed E-state index contributed by atoms with van der Waals surface area (Å²) in [7, 11) is 0. The maximum atomic E-state index is 11.5. The molecule has 80 valence electrons. The first-order valence-electron chi connectivity index (χ1n) is 5.10. The monoisotopic (exact) mass is 199 g/mol. The average Bonchev–Trinajstić information content (AvgIpc) is 2.17. The molecule has 0 spiro atoms. The zero-order valence-corrected chi connectivity index (χ0v) is 8.78. The topological polar surface area (TPSA) is 46.6 Å². The van der Waals surface area contributed by atoms with E-state index in [4.69, 9.17) is 4.74 Å². The SMILES string of the molecule is CCOC(=O)C1CCN(CC)CC1=O. The Balaban J connectivity index is 2.49. The zero-order valence-electron chi connectivity index (χ0n) is 8.78. The fraction of sp³-hybridized carbons (Fsp3) is 0.800. The molecule has 14 heavy (non-hydrogen) atoms. The maximum Gasteiger partial charge on any atom is 0.316 e. The predicted molar refractivity (Wildman–Crippen MR) is 51.9 cm³/mol. The molecule has 0 bridgehead atoms. The van der Waals surface area contributed by atoms with Gasteiger partial charge in [-0.3, -0.25) is 14.5 Å². The molecule has 0 aromatic carbocycles. The lowest BCUT2D eigenvalue weighted by Gasteiger charge is -2.28. The smallest absolute Gasteiger partial charge is 0.316 e. The van der Waals surface area contributed by atoms with E-state index in [0.29, 0.717) is 19.6 Å². The highest BCUT2D eigenvalue weighted by molar-refractivity contribution is 6.00. The van der Waals surface area contributed by atoms with Gasteiger partial charge in [0.15, 0.2) is 5.78 Å². The minimum Gasteiger partial charge on any atom is -0.465 e. The number of carbonyl (C=O) groups is 2. The van der Waals surface area contributed by atoms with Crippen LogP contribution in [0.5, 0.6) is 0 Å². The van der Waals surface area contributed by atoms with E-state index in [1.165, 1.54) is 0 Å². The molecule has 1 fully saturated rings. The molecule has 0 aromatic heterocycles. The predicted octanol–water partition coefficient (Wildman–Crippen LogP) is 0.460. The second kappa shape index (κ2) is 5.10. The van der Waals surface area contributed by atoms with Crippen molar-refractivity contribution >= 4 is 11.8 Å². The van der Waals surface area contributed by atoms with Crippen molar-refractivity contribution in [1.29, 1.82) is 0 Å². The Morgan fingerprint density at radius 2 is 2.29 bits per heavy atom. The summed E-state index contributed by atoms with van der Waals surface area (Å²) < 4.78 is 4.84. The van der Waals surface area contributed by atoms with Crippen LogP contribution in [-0.4, -0.2) is 42.9 Å². The number of carbonyl (C=O) groups excluding carboxylic acids is 2. The molecule has 4 heteroatoms. The van der Waals surface area contributed by atoms with Crippen LogP contribution in [0.15, 0.2) is 0 Å². The molecule has 1 rings (SSSR count). The van der Waals surface area contributed by atoms with Gasteiger partial charge in [-0.2, -0.15) is 0 Å². The first-order valence-corrected chi connectivity index (χ1v) is 5.10. The lowest BCUT2D eigenvalue weighted by atomic mass is 9.96. The summed E-state index contributed by atoms with van der Waals surface area (Å²) in [5.74, 6) is -0.873. The van der Waals surface area contributed by atoms with Gasteiger partial charge in [0.25, 0.3) is 0 Å². The maximum absolute atomic E-state index is 11.5. The van der Waals surface area contributed by atoms with E-state index in [-0.39, 0.29) is 11.8 Å². The molecule has 0 N–H and O–H groups in total. The van der Waals surface area contributed by atoms with Crippen LogP contribution in [0, 0.1) is 5.92 Å². The normalized spacial score (nSPS) is 23.6. The molecule has 4 nitrogen and oxygen atoms in total. The molecule has 1 saturated heterocycles. The van der Waals surface area contributed by atoms with E-state index < -0.39 is 5.92 Å². The molecule has 0 amide bonds. The van der Waals surface area contributed by atoms with Crippen LogP contribution in [0.1, 0.15) is 20.3 Å². The summed E-state index contributed by atoms with van der Waals surface area (Å²) in [6.45, 7) is 6.18. The van der Waals surface area contributed by atoms with Gasteiger partial charge in [0, 0.05) is 0 Å². The van der Waals surface area contributed by atoms with Crippen molar-refractivity contribution in [3.63, 3.8) is 0 Å². The second-order valence-electron chi connectivity index (χ2n) is 3.43.